The summed E-state index contributed by atoms with van der Waals surface area (Å²) in [7, 11) is 0. The lowest BCUT2D eigenvalue weighted by molar-refractivity contribution is 0.0651. The number of aromatic carboxylic acids is 4. The smallest absolute Gasteiger partial charge is 0.336 e. The van der Waals surface area contributed by atoms with Gasteiger partial charge < -0.3 is 20.4 Å². The van der Waals surface area contributed by atoms with Crippen molar-refractivity contribution in [3.05, 3.63) is 105 Å². The maximum absolute atomic E-state index is 11.3. The van der Waals surface area contributed by atoms with Crippen LogP contribution in [0.2, 0.25) is 0 Å². The van der Waals surface area contributed by atoms with E-state index in [2.05, 4.69) is 23.7 Å². The van der Waals surface area contributed by atoms with Crippen LogP contribution in [0, 0.1) is 23.7 Å². The van der Waals surface area contributed by atoms with Crippen LogP contribution >= 0.6 is 0 Å². The van der Waals surface area contributed by atoms with E-state index in [9.17, 15) is 29.4 Å². The summed E-state index contributed by atoms with van der Waals surface area (Å²) < 4.78 is 0. The average Bonchev–Trinajstić information content (AvgIpc) is 2.81. The molecule has 3 aromatic rings. The Bertz CT molecular complexity index is 1350. The second-order valence-corrected chi connectivity index (χ2v) is 6.82. The van der Waals surface area contributed by atoms with Crippen LogP contribution in [0.25, 0.3) is 0 Å². The highest BCUT2D eigenvalue weighted by atomic mass is 16.4. The van der Waals surface area contributed by atoms with Crippen molar-refractivity contribution in [1.29, 1.82) is 0 Å². The predicted molar refractivity (Wildman–Crippen MR) is 119 cm³/mol. The third-order valence-corrected chi connectivity index (χ3v) is 4.55. The summed E-state index contributed by atoms with van der Waals surface area (Å²) >= 11 is 0. The van der Waals surface area contributed by atoms with Crippen LogP contribution in [0.1, 0.15) is 63.7 Å². The molecular weight excluding hydrogens is 440 g/mol. The lowest BCUT2D eigenvalue weighted by Crippen LogP contribution is -2.08. The van der Waals surface area contributed by atoms with Crippen LogP contribution in [0.5, 0.6) is 0 Å². The van der Waals surface area contributed by atoms with Crippen molar-refractivity contribution in [2.24, 2.45) is 0 Å². The van der Waals surface area contributed by atoms with Gasteiger partial charge in [0.2, 0.25) is 0 Å². The van der Waals surface area contributed by atoms with Crippen molar-refractivity contribution in [3.8, 4) is 23.7 Å². The summed E-state index contributed by atoms with van der Waals surface area (Å²) in [5.41, 5.74) is 0.519. The molecule has 0 bridgehead atoms. The zero-order valence-electron chi connectivity index (χ0n) is 17.2. The minimum absolute atomic E-state index is 0.325. The van der Waals surface area contributed by atoms with Gasteiger partial charge in [-0.15, -0.1) is 0 Å². The predicted octanol–water partition coefficient (Wildman–Crippen LogP) is 3.28. The van der Waals surface area contributed by atoms with E-state index in [1.54, 1.807) is 24.3 Å². The Balaban J connectivity index is 1.81. The number of carboxylic acid groups (broad SMARTS) is 4. The molecule has 0 heterocycles. The van der Waals surface area contributed by atoms with Crippen molar-refractivity contribution in [3.63, 3.8) is 0 Å². The molecule has 0 aliphatic rings. The highest BCUT2D eigenvalue weighted by Crippen LogP contribution is 2.14. The normalized spacial score (nSPS) is 9.65. The summed E-state index contributed by atoms with van der Waals surface area (Å²) in [4.78, 5) is 44.8. The third-order valence-electron chi connectivity index (χ3n) is 4.55. The molecular formula is C26H14O8. The summed E-state index contributed by atoms with van der Waals surface area (Å²) in [6, 6.07) is 14.3. The zero-order chi connectivity index (χ0) is 24.8. The van der Waals surface area contributed by atoms with E-state index in [1.807, 2.05) is 0 Å². The number of rotatable bonds is 4. The lowest BCUT2D eigenvalue weighted by Gasteiger charge is -2.01. The number of hydrogen-bond acceptors (Lipinski definition) is 4. The first-order chi connectivity index (χ1) is 16.2. The number of benzene rings is 3. The standard InChI is InChI=1S/C26H14O8/c27-23(28)19-11-9-17(13-21(19)25(31)32)7-5-15-1-2-16(4-3-15)6-8-18-10-12-20(24(29)30)22(14-18)26(33)34/h1-4,9-14H,(H,27,28)(H,29,30)(H,31,32)(H,33,34). The first-order valence-corrected chi connectivity index (χ1v) is 9.51. The minimum Gasteiger partial charge on any atom is -0.478 e. The molecule has 4 N–H and O–H groups in total. The van der Waals surface area contributed by atoms with Crippen molar-refractivity contribution >= 4 is 23.9 Å². The molecule has 0 atom stereocenters. The third kappa shape index (κ3) is 5.47. The minimum atomic E-state index is -1.36. The SMILES string of the molecule is O=C(O)c1ccc(C#Cc2ccc(C#Cc3ccc(C(=O)O)c(C(=O)O)c3)cc2)cc1C(=O)O. The fraction of sp³-hybridized carbons (Fsp3) is 0. The molecule has 0 unspecified atom stereocenters. The largest absolute Gasteiger partial charge is 0.478 e. The fourth-order valence-corrected chi connectivity index (χ4v) is 2.90. The first kappa shape index (κ1) is 23.3. The van der Waals surface area contributed by atoms with Gasteiger partial charge in [-0.1, -0.05) is 23.7 Å². The summed E-state index contributed by atoms with van der Waals surface area (Å²) in [6.45, 7) is 0. The number of carboxylic acids is 4. The van der Waals surface area contributed by atoms with Gasteiger partial charge in [-0.25, -0.2) is 19.2 Å². The van der Waals surface area contributed by atoms with E-state index >= 15 is 0 Å². The van der Waals surface area contributed by atoms with Gasteiger partial charge in [0.1, 0.15) is 0 Å². The molecule has 0 amide bonds. The van der Waals surface area contributed by atoms with Gasteiger partial charge in [-0.3, -0.25) is 0 Å². The molecule has 0 fully saturated rings. The van der Waals surface area contributed by atoms with Crippen molar-refractivity contribution in [1.82, 2.24) is 0 Å². The van der Waals surface area contributed by atoms with Crippen LogP contribution in [0.15, 0.2) is 60.7 Å². The highest BCUT2D eigenvalue weighted by molar-refractivity contribution is 6.02. The Morgan fingerprint density at radius 3 is 0.971 bits per heavy atom. The van der Waals surface area contributed by atoms with Crippen molar-refractivity contribution in [2.75, 3.05) is 0 Å². The molecule has 0 aromatic heterocycles. The van der Waals surface area contributed by atoms with E-state index in [4.69, 9.17) is 10.2 Å². The van der Waals surface area contributed by atoms with E-state index in [0.29, 0.717) is 22.3 Å². The lowest BCUT2D eigenvalue weighted by atomic mass is 10.0. The van der Waals surface area contributed by atoms with E-state index < -0.39 is 23.9 Å². The van der Waals surface area contributed by atoms with Gasteiger partial charge in [0.05, 0.1) is 22.3 Å². The monoisotopic (exact) mass is 454 g/mol. The average molecular weight is 454 g/mol. The molecule has 0 saturated heterocycles. The topological polar surface area (TPSA) is 149 Å². The maximum Gasteiger partial charge on any atom is 0.336 e. The Morgan fingerprint density at radius 1 is 0.412 bits per heavy atom. The maximum atomic E-state index is 11.3. The molecule has 0 radical (unpaired) electrons. The van der Waals surface area contributed by atoms with Gasteiger partial charge in [-0.05, 0) is 60.7 Å². The molecule has 8 nitrogen and oxygen atoms in total. The van der Waals surface area contributed by atoms with E-state index in [1.165, 1.54) is 36.4 Å². The van der Waals surface area contributed by atoms with Crippen molar-refractivity contribution in [2.45, 2.75) is 0 Å². The fourth-order valence-electron chi connectivity index (χ4n) is 2.90. The molecule has 0 spiro atoms. The van der Waals surface area contributed by atoms with Gasteiger partial charge in [0, 0.05) is 22.3 Å². The molecule has 34 heavy (non-hydrogen) atoms. The number of hydrogen-bond donors (Lipinski definition) is 4. The zero-order valence-corrected chi connectivity index (χ0v) is 17.2. The summed E-state index contributed by atoms with van der Waals surface area (Å²) in [5.74, 6) is 5.87. The van der Waals surface area contributed by atoms with Crippen molar-refractivity contribution < 1.29 is 39.6 Å². The van der Waals surface area contributed by atoms with Gasteiger partial charge in [0.25, 0.3) is 0 Å². The van der Waals surface area contributed by atoms with Crippen LogP contribution in [0.3, 0.4) is 0 Å². The first-order valence-electron chi connectivity index (χ1n) is 9.51. The Morgan fingerprint density at radius 2 is 0.676 bits per heavy atom. The van der Waals surface area contributed by atoms with Crippen LogP contribution < -0.4 is 0 Å². The summed E-state index contributed by atoms with van der Waals surface area (Å²) in [6.07, 6.45) is 0. The van der Waals surface area contributed by atoms with Gasteiger partial charge in [-0.2, -0.15) is 0 Å². The molecule has 3 rings (SSSR count). The molecule has 8 heteroatoms. The van der Waals surface area contributed by atoms with Crippen LogP contribution in [-0.4, -0.2) is 44.3 Å². The molecule has 0 aliphatic carbocycles. The molecule has 0 saturated carbocycles. The summed E-state index contributed by atoms with van der Waals surface area (Å²) in [5, 5.41) is 36.5. The second kappa shape index (κ2) is 9.86. The van der Waals surface area contributed by atoms with E-state index in [-0.39, 0.29) is 22.3 Å². The van der Waals surface area contributed by atoms with Crippen LogP contribution in [-0.2, 0) is 0 Å². The number of carbonyl (C=O) groups is 4. The highest BCUT2D eigenvalue weighted by Gasteiger charge is 2.16. The Hall–Kier alpha value is -5.34. The Labute approximate surface area is 192 Å². The van der Waals surface area contributed by atoms with Gasteiger partial charge in [0.15, 0.2) is 0 Å². The second-order valence-electron chi connectivity index (χ2n) is 6.82. The molecule has 0 aliphatic heterocycles. The Kier molecular flexibility index (Phi) is 6.76. The van der Waals surface area contributed by atoms with Gasteiger partial charge >= 0.3 is 23.9 Å². The molecule has 3 aromatic carbocycles. The quantitative estimate of drug-likeness (QED) is 0.439. The molecule has 166 valence electrons. The van der Waals surface area contributed by atoms with E-state index in [0.717, 1.165) is 0 Å². The van der Waals surface area contributed by atoms with Crippen LogP contribution in [0.4, 0.5) is 0 Å².